The summed E-state index contributed by atoms with van der Waals surface area (Å²) < 4.78 is 54.9. The van der Waals surface area contributed by atoms with Crippen LogP contribution in [-0.4, -0.2) is 14.5 Å². The number of aromatic nitrogens is 3. The van der Waals surface area contributed by atoms with Crippen molar-refractivity contribution >= 4 is 23.4 Å². The lowest BCUT2D eigenvalue weighted by molar-refractivity contribution is 0.448. The molecule has 0 fully saturated rings. The minimum Gasteiger partial charge on any atom is -0.329 e. The quantitative estimate of drug-likeness (QED) is 0.423. The predicted octanol–water partition coefficient (Wildman–Crippen LogP) is 3.64. The Morgan fingerprint density at radius 3 is 2.40 bits per heavy atom. The van der Waals surface area contributed by atoms with Crippen LogP contribution in [0.2, 0.25) is 0 Å². The van der Waals surface area contributed by atoms with Gasteiger partial charge in [-0.05, 0) is 24.4 Å². The van der Waals surface area contributed by atoms with Gasteiger partial charge in [-0.1, -0.05) is 0 Å². The van der Waals surface area contributed by atoms with Gasteiger partial charge < -0.3 is 4.98 Å². The van der Waals surface area contributed by atoms with E-state index in [0.717, 1.165) is 4.57 Å². The molecule has 0 bridgehead atoms. The molecule has 0 aliphatic heterocycles. The average Bonchev–Trinajstić information content (AvgIpc) is 2.74. The molecule has 0 radical (unpaired) electrons. The van der Waals surface area contributed by atoms with Crippen molar-refractivity contribution in [1.82, 2.24) is 14.5 Å². The largest absolute Gasteiger partial charge is 0.329 e. The Morgan fingerprint density at radius 2 is 1.75 bits per heavy atom. The average molecular weight is 299 g/mol. The molecule has 8 heteroatoms. The third-order valence-electron chi connectivity index (χ3n) is 2.76. The summed E-state index contributed by atoms with van der Waals surface area (Å²) in [4.78, 5) is 6.56. The lowest BCUT2D eigenvalue weighted by atomic mass is 10.2. The monoisotopic (exact) mass is 299 g/mol. The zero-order valence-corrected chi connectivity index (χ0v) is 10.4. The van der Waals surface area contributed by atoms with Gasteiger partial charge in [-0.3, -0.25) is 4.57 Å². The number of rotatable bonds is 1. The number of benzene rings is 1. The van der Waals surface area contributed by atoms with Gasteiger partial charge in [0.05, 0.1) is 5.52 Å². The van der Waals surface area contributed by atoms with Crippen molar-refractivity contribution in [2.75, 3.05) is 0 Å². The maximum Gasteiger partial charge on any atom is 0.186 e. The molecule has 0 unspecified atom stereocenters. The molecule has 3 aromatic rings. The van der Waals surface area contributed by atoms with Gasteiger partial charge in [0, 0.05) is 12.3 Å². The summed E-state index contributed by atoms with van der Waals surface area (Å²) >= 11 is 4.93. The standard InChI is InChI=1S/C12H5F4N3S/c13-5-4-6(14)9(16)10(8(5)15)19-11-7(18-12(19)20)2-1-3-17-11/h1-4H,(H,18,20). The number of halogens is 4. The second-order valence-corrected chi connectivity index (χ2v) is 4.34. The molecule has 0 saturated heterocycles. The van der Waals surface area contributed by atoms with Crippen molar-refractivity contribution in [3.63, 3.8) is 0 Å². The van der Waals surface area contributed by atoms with Crippen LogP contribution in [0.5, 0.6) is 0 Å². The molecule has 0 aliphatic rings. The minimum absolute atomic E-state index is 0.0697. The maximum absolute atomic E-state index is 13.8. The van der Waals surface area contributed by atoms with Gasteiger partial charge in [-0.15, -0.1) is 0 Å². The Bertz CT molecular complexity index is 858. The molecule has 2 heterocycles. The molecule has 3 rings (SSSR count). The van der Waals surface area contributed by atoms with E-state index in [1.165, 1.54) is 6.20 Å². The SMILES string of the molecule is Fc1cc(F)c(F)c(-n2c(=S)[nH]c3cccnc32)c1F. The fraction of sp³-hybridized carbons (Fsp3) is 0. The first-order chi connectivity index (χ1) is 9.50. The van der Waals surface area contributed by atoms with Gasteiger partial charge in [0.1, 0.15) is 5.69 Å². The second-order valence-electron chi connectivity index (χ2n) is 3.96. The highest BCUT2D eigenvalue weighted by atomic mass is 32.1. The number of fused-ring (bicyclic) bond motifs is 1. The van der Waals surface area contributed by atoms with E-state index in [4.69, 9.17) is 12.2 Å². The van der Waals surface area contributed by atoms with Crippen LogP contribution in [0.15, 0.2) is 24.4 Å². The summed E-state index contributed by atoms with van der Waals surface area (Å²) in [5, 5.41) is 0. The third kappa shape index (κ3) is 1.72. The minimum atomic E-state index is -1.54. The van der Waals surface area contributed by atoms with Gasteiger partial charge in [-0.25, -0.2) is 22.5 Å². The lowest BCUT2D eigenvalue weighted by Crippen LogP contribution is -2.07. The molecule has 0 aliphatic carbocycles. The van der Waals surface area contributed by atoms with Crippen molar-refractivity contribution in [3.05, 3.63) is 52.4 Å². The van der Waals surface area contributed by atoms with E-state index in [0.29, 0.717) is 5.52 Å². The van der Waals surface area contributed by atoms with Crippen molar-refractivity contribution in [2.45, 2.75) is 0 Å². The Labute approximate surface area is 114 Å². The lowest BCUT2D eigenvalue weighted by Gasteiger charge is -2.08. The molecule has 20 heavy (non-hydrogen) atoms. The van der Waals surface area contributed by atoms with Crippen molar-refractivity contribution < 1.29 is 17.6 Å². The van der Waals surface area contributed by atoms with Crippen molar-refractivity contribution in [2.24, 2.45) is 0 Å². The van der Waals surface area contributed by atoms with Crippen LogP contribution in [0.3, 0.4) is 0 Å². The summed E-state index contributed by atoms with van der Waals surface area (Å²) in [6, 6.07) is 3.29. The molecule has 0 amide bonds. The number of pyridine rings is 1. The second kappa shape index (κ2) is 4.41. The van der Waals surface area contributed by atoms with Crippen LogP contribution in [0.1, 0.15) is 0 Å². The zero-order chi connectivity index (χ0) is 14.4. The molecule has 3 nitrogen and oxygen atoms in total. The number of hydrogen-bond acceptors (Lipinski definition) is 2. The summed E-state index contributed by atoms with van der Waals surface area (Å²) in [6.45, 7) is 0. The molecule has 0 atom stereocenters. The van der Waals surface area contributed by atoms with Crippen LogP contribution in [0.25, 0.3) is 16.9 Å². The van der Waals surface area contributed by atoms with Crippen LogP contribution in [0.4, 0.5) is 17.6 Å². The zero-order valence-electron chi connectivity index (χ0n) is 9.62. The Kier molecular flexibility index (Phi) is 2.82. The van der Waals surface area contributed by atoms with Gasteiger partial charge in [0.2, 0.25) is 0 Å². The first kappa shape index (κ1) is 12.8. The van der Waals surface area contributed by atoms with E-state index in [1.807, 2.05) is 0 Å². The normalized spacial score (nSPS) is 11.2. The molecule has 0 spiro atoms. The number of imidazole rings is 1. The van der Waals surface area contributed by atoms with E-state index in [2.05, 4.69) is 9.97 Å². The summed E-state index contributed by atoms with van der Waals surface area (Å²) in [6.07, 6.45) is 1.37. The van der Waals surface area contributed by atoms with Crippen LogP contribution in [-0.2, 0) is 0 Å². The molecule has 2 aromatic heterocycles. The third-order valence-corrected chi connectivity index (χ3v) is 3.04. The van der Waals surface area contributed by atoms with Crippen LogP contribution < -0.4 is 0 Å². The highest BCUT2D eigenvalue weighted by Crippen LogP contribution is 2.26. The van der Waals surface area contributed by atoms with Gasteiger partial charge in [0.25, 0.3) is 0 Å². The first-order valence-corrected chi connectivity index (χ1v) is 5.80. The van der Waals surface area contributed by atoms with Crippen LogP contribution >= 0.6 is 12.2 Å². The van der Waals surface area contributed by atoms with Gasteiger partial charge in [0.15, 0.2) is 33.7 Å². The molecule has 0 saturated carbocycles. The summed E-state index contributed by atoms with van der Waals surface area (Å²) in [7, 11) is 0. The smallest absolute Gasteiger partial charge is 0.186 e. The topological polar surface area (TPSA) is 33.6 Å². The molecule has 1 aromatic carbocycles. The molecule has 1 N–H and O–H groups in total. The Morgan fingerprint density at radius 1 is 1.10 bits per heavy atom. The molecule has 102 valence electrons. The van der Waals surface area contributed by atoms with E-state index >= 15 is 0 Å². The van der Waals surface area contributed by atoms with Crippen molar-refractivity contribution in [3.8, 4) is 5.69 Å². The van der Waals surface area contributed by atoms with Gasteiger partial charge in [-0.2, -0.15) is 0 Å². The fourth-order valence-electron chi connectivity index (χ4n) is 1.90. The number of hydrogen-bond donors (Lipinski definition) is 1. The summed E-state index contributed by atoms with van der Waals surface area (Å²) in [5.74, 6) is -6.09. The summed E-state index contributed by atoms with van der Waals surface area (Å²) in [5.41, 5.74) is -0.473. The number of aromatic amines is 1. The Hall–Kier alpha value is -2.22. The number of H-pyrrole nitrogens is 1. The fourth-order valence-corrected chi connectivity index (χ4v) is 2.19. The predicted molar refractivity (Wildman–Crippen MR) is 66.1 cm³/mol. The van der Waals surface area contributed by atoms with E-state index in [9.17, 15) is 17.6 Å². The Balaban J connectivity index is 2.49. The maximum atomic E-state index is 13.8. The van der Waals surface area contributed by atoms with Crippen molar-refractivity contribution in [1.29, 1.82) is 0 Å². The highest BCUT2D eigenvalue weighted by molar-refractivity contribution is 7.71. The van der Waals surface area contributed by atoms with Crippen LogP contribution in [0, 0.1) is 28.0 Å². The highest BCUT2D eigenvalue weighted by Gasteiger charge is 2.23. The number of nitrogens with zero attached hydrogens (tertiary/aromatic N) is 2. The van der Waals surface area contributed by atoms with E-state index in [1.54, 1.807) is 12.1 Å². The van der Waals surface area contributed by atoms with E-state index in [-0.39, 0.29) is 16.5 Å². The molecular weight excluding hydrogens is 294 g/mol. The molecular formula is C12H5F4N3S. The van der Waals surface area contributed by atoms with Gasteiger partial charge >= 0.3 is 0 Å². The van der Waals surface area contributed by atoms with E-state index < -0.39 is 29.0 Å². The first-order valence-electron chi connectivity index (χ1n) is 5.40. The number of nitrogens with one attached hydrogen (secondary N) is 1.